The molecule has 0 saturated heterocycles. The Hall–Kier alpha value is -2.28. The molecule has 1 heterocycles. The molecule has 0 bridgehead atoms. The van der Waals surface area contributed by atoms with Crippen molar-refractivity contribution in [3.05, 3.63) is 64.7 Å². The van der Waals surface area contributed by atoms with Crippen LogP contribution in [0, 0.1) is 11.8 Å². The minimum absolute atomic E-state index is 0.111. The molecule has 0 fully saturated rings. The van der Waals surface area contributed by atoms with Gasteiger partial charge in [0, 0.05) is 31.0 Å². The summed E-state index contributed by atoms with van der Waals surface area (Å²) in [6.07, 6.45) is 0.519. The number of hydrogen-bond donors (Lipinski definition) is 1. The molecule has 1 atom stereocenters. The van der Waals surface area contributed by atoms with Gasteiger partial charge >= 0.3 is 0 Å². The molecular formula is C21H23NO2. The van der Waals surface area contributed by atoms with E-state index in [1.165, 1.54) is 16.7 Å². The first-order valence-corrected chi connectivity index (χ1v) is 8.26. The van der Waals surface area contributed by atoms with Crippen LogP contribution in [0.5, 0.6) is 5.75 Å². The van der Waals surface area contributed by atoms with Crippen LogP contribution in [0.1, 0.15) is 34.6 Å². The lowest BCUT2D eigenvalue weighted by Gasteiger charge is -2.32. The quantitative estimate of drug-likeness (QED) is 0.882. The van der Waals surface area contributed by atoms with Gasteiger partial charge in [-0.1, -0.05) is 30.0 Å². The number of aliphatic hydroxyl groups excluding tert-OH is 1. The molecule has 0 aromatic heterocycles. The van der Waals surface area contributed by atoms with Crippen LogP contribution in [0.4, 0.5) is 0 Å². The Kier molecular flexibility index (Phi) is 5.20. The highest BCUT2D eigenvalue weighted by atomic mass is 16.5. The molecule has 3 nitrogen and oxygen atoms in total. The molecule has 0 radical (unpaired) electrons. The fourth-order valence-electron chi connectivity index (χ4n) is 3.27. The molecular weight excluding hydrogens is 298 g/mol. The standard InChI is InChI=1S/C21H23NO2/c1-22-14-18-13-16(5-3-4-12-23)6-11-20(18)21(15-22)17-7-9-19(24-2)10-8-17/h6-11,13,21,23H,4,12,14-15H2,1-2H3. The first kappa shape index (κ1) is 16.6. The van der Waals surface area contributed by atoms with E-state index in [9.17, 15) is 0 Å². The summed E-state index contributed by atoms with van der Waals surface area (Å²) in [6, 6.07) is 14.8. The number of hydrogen-bond acceptors (Lipinski definition) is 3. The second kappa shape index (κ2) is 7.53. The van der Waals surface area contributed by atoms with Gasteiger partial charge in [0.2, 0.25) is 0 Å². The lowest BCUT2D eigenvalue weighted by Crippen LogP contribution is -2.31. The Labute approximate surface area is 143 Å². The molecule has 1 N–H and O–H groups in total. The number of aliphatic hydroxyl groups is 1. The lowest BCUT2D eigenvalue weighted by atomic mass is 9.84. The van der Waals surface area contributed by atoms with Gasteiger partial charge in [-0.05, 0) is 48.0 Å². The Morgan fingerprint density at radius 3 is 2.71 bits per heavy atom. The predicted octanol–water partition coefficient (Wildman–Crippen LogP) is 3.01. The van der Waals surface area contributed by atoms with Crippen molar-refractivity contribution in [2.24, 2.45) is 0 Å². The number of ether oxygens (including phenoxy) is 1. The third-order valence-electron chi connectivity index (χ3n) is 4.44. The smallest absolute Gasteiger partial charge is 0.118 e. The maximum absolute atomic E-state index is 8.85. The van der Waals surface area contributed by atoms with Gasteiger partial charge < -0.3 is 14.7 Å². The van der Waals surface area contributed by atoms with E-state index in [-0.39, 0.29) is 6.61 Å². The lowest BCUT2D eigenvalue weighted by molar-refractivity contribution is 0.295. The zero-order valence-electron chi connectivity index (χ0n) is 14.2. The number of rotatable bonds is 3. The fourth-order valence-corrected chi connectivity index (χ4v) is 3.27. The van der Waals surface area contributed by atoms with Gasteiger partial charge in [0.1, 0.15) is 5.75 Å². The normalized spacial score (nSPS) is 16.9. The van der Waals surface area contributed by atoms with Crippen molar-refractivity contribution in [3.8, 4) is 17.6 Å². The summed E-state index contributed by atoms with van der Waals surface area (Å²) in [5.41, 5.74) is 5.04. The third kappa shape index (κ3) is 3.62. The van der Waals surface area contributed by atoms with Gasteiger partial charge in [0.05, 0.1) is 13.7 Å². The van der Waals surface area contributed by atoms with Gasteiger partial charge in [-0.15, -0.1) is 0 Å². The van der Waals surface area contributed by atoms with Crippen LogP contribution in [-0.2, 0) is 6.54 Å². The SMILES string of the molecule is COc1ccc(C2CN(C)Cc3cc(C#CCCO)ccc32)cc1. The van der Waals surface area contributed by atoms with Crippen molar-refractivity contribution in [2.45, 2.75) is 18.9 Å². The number of methoxy groups -OCH3 is 1. The monoisotopic (exact) mass is 321 g/mol. The first-order chi connectivity index (χ1) is 11.7. The topological polar surface area (TPSA) is 32.7 Å². The van der Waals surface area contributed by atoms with Crippen LogP contribution in [0.2, 0.25) is 0 Å². The van der Waals surface area contributed by atoms with Gasteiger partial charge in [0.25, 0.3) is 0 Å². The maximum Gasteiger partial charge on any atom is 0.118 e. The van der Waals surface area contributed by atoms with E-state index >= 15 is 0 Å². The van der Waals surface area contributed by atoms with Crippen LogP contribution in [0.3, 0.4) is 0 Å². The summed E-state index contributed by atoms with van der Waals surface area (Å²) >= 11 is 0. The van der Waals surface area contributed by atoms with Gasteiger partial charge in [-0.3, -0.25) is 0 Å². The number of fused-ring (bicyclic) bond motifs is 1. The van der Waals surface area contributed by atoms with E-state index in [1.54, 1.807) is 7.11 Å². The van der Waals surface area contributed by atoms with Crippen LogP contribution < -0.4 is 4.74 Å². The molecule has 3 rings (SSSR count). The van der Waals surface area contributed by atoms with Crippen molar-refractivity contribution in [1.29, 1.82) is 0 Å². The molecule has 3 heteroatoms. The molecule has 1 aliphatic heterocycles. The van der Waals surface area contributed by atoms with Crippen molar-refractivity contribution in [2.75, 3.05) is 27.3 Å². The molecule has 0 saturated carbocycles. The zero-order valence-corrected chi connectivity index (χ0v) is 14.2. The Morgan fingerprint density at radius 1 is 1.21 bits per heavy atom. The number of benzene rings is 2. The van der Waals surface area contributed by atoms with Gasteiger partial charge in [0.15, 0.2) is 0 Å². The van der Waals surface area contributed by atoms with E-state index in [1.807, 2.05) is 12.1 Å². The second-order valence-corrected chi connectivity index (χ2v) is 6.21. The third-order valence-corrected chi connectivity index (χ3v) is 4.44. The fraction of sp³-hybridized carbons (Fsp3) is 0.333. The van der Waals surface area contributed by atoms with Crippen molar-refractivity contribution in [1.82, 2.24) is 4.90 Å². The molecule has 0 aliphatic carbocycles. The number of likely N-dealkylation sites (N-methyl/N-ethyl adjacent to an activating group) is 1. The van der Waals surface area contributed by atoms with Crippen LogP contribution in [-0.4, -0.2) is 37.3 Å². The van der Waals surface area contributed by atoms with Gasteiger partial charge in [-0.2, -0.15) is 0 Å². The maximum atomic E-state index is 8.85. The molecule has 1 unspecified atom stereocenters. The van der Waals surface area contributed by atoms with Crippen molar-refractivity contribution in [3.63, 3.8) is 0 Å². The zero-order chi connectivity index (χ0) is 16.9. The average Bonchev–Trinajstić information content (AvgIpc) is 2.61. The molecule has 2 aromatic rings. The minimum atomic E-state index is 0.111. The van der Waals surface area contributed by atoms with E-state index in [0.29, 0.717) is 12.3 Å². The average molecular weight is 321 g/mol. The molecule has 124 valence electrons. The molecule has 24 heavy (non-hydrogen) atoms. The first-order valence-electron chi connectivity index (χ1n) is 8.26. The van der Waals surface area contributed by atoms with E-state index in [4.69, 9.17) is 9.84 Å². The van der Waals surface area contributed by atoms with E-state index in [2.05, 4.69) is 54.1 Å². The highest BCUT2D eigenvalue weighted by molar-refractivity contribution is 5.47. The van der Waals surface area contributed by atoms with Crippen LogP contribution >= 0.6 is 0 Å². The molecule has 0 amide bonds. The van der Waals surface area contributed by atoms with E-state index in [0.717, 1.165) is 24.4 Å². The predicted molar refractivity (Wildman–Crippen MR) is 96.2 cm³/mol. The number of nitrogens with zero attached hydrogens (tertiary/aromatic N) is 1. The largest absolute Gasteiger partial charge is 0.497 e. The molecule has 1 aliphatic rings. The van der Waals surface area contributed by atoms with Crippen LogP contribution in [0.25, 0.3) is 0 Å². The Bertz CT molecular complexity index is 756. The van der Waals surface area contributed by atoms with Crippen LogP contribution in [0.15, 0.2) is 42.5 Å². The highest BCUT2D eigenvalue weighted by Gasteiger charge is 2.24. The summed E-state index contributed by atoms with van der Waals surface area (Å²) in [4.78, 5) is 2.35. The van der Waals surface area contributed by atoms with Gasteiger partial charge in [-0.25, -0.2) is 0 Å². The summed E-state index contributed by atoms with van der Waals surface area (Å²) in [7, 11) is 3.85. The minimum Gasteiger partial charge on any atom is -0.497 e. The van der Waals surface area contributed by atoms with E-state index < -0.39 is 0 Å². The summed E-state index contributed by atoms with van der Waals surface area (Å²) in [5, 5.41) is 8.85. The summed E-state index contributed by atoms with van der Waals surface area (Å²) in [5.74, 6) is 7.38. The van der Waals surface area contributed by atoms with Crippen molar-refractivity contribution < 1.29 is 9.84 Å². The second-order valence-electron chi connectivity index (χ2n) is 6.21. The summed E-state index contributed by atoms with van der Waals surface area (Å²) < 4.78 is 5.27. The van der Waals surface area contributed by atoms with Crippen molar-refractivity contribution >= 4 is 0 Å². The molecule has 2 aromatic carbocycles. The highest BCUT2D eigenvalue weighted by Crippen LogP contribution is 2.34. The summed E-state index contributed by atoms with van der Waals surface area (Å²) in [6.45, 7) is 2.06. The Morgan fingerprint density at radius 2 is 2.00 bits per heavy atom. The Balaban J connectivity index is 1.93. The molecule has 0 spiro atoms.